The van der Waals surface area contributed by atoms with Crippen molar-refractivity contribution in [2.24, 2.45) is 5.92 Å². The van der Waals surface area contributed by atoms with E-state index in [2.05, 4.69) is 19.2 Å². The van der Waals surface area contributed by atoms with Crippen molar-refractivity contribution in [2.75, 3.05) is 0 Å². The molecule has 4 heteroatoms. The Morgan fingerprint density at radius 1 is 1.25 bits per heavy atom. The predicted octanol–water partition coefficient (Wildman–Crippen LogP) is 1.48. The molecule has 20 heavy (non-hydrogen) atoms. The van der Waals surface area contributed by atoms with Crippen LogP contribution in [0.4, 0.5) is 0 Å². The summed E-state index contributed by atoms with van der Waals surface area (Å²) in [6.07, 6.45) is 1.33. The van der Waals surface area contributed by atoms with E-state index in [1.54, 1.807) is 4.90 Å². The summed E-state index contributed by atoms with van der Waals surface area (Å²) >= 11 is 0. The van der Waals surface area contributed by atoms with Gasteiger partial charge in [0.15, 0.2) is 0 Å². The molecule has 2 heterocycles. The first-order valence-electron chi connectivity index (χ1n) is 7.24. The fourth-order valence-electron chi connectivity index (χ4n) is 3.15. The molecule has 3 rings (SSSR count). The van der Waals surface area contributed by atoms with Gasteiger partial charge in [-0.15, -0.1) is 0 Å². The maximum Gasteiger partial charge on any atom is 0.246 e. The fourth-order valence-corrected chi connectivity index (χ4v) is 3.15. The zero-order valence-electron chi connectivity index (χ0n) is 11.9. The third-order valence-electron chi connectivity index (χ3n) is 4.16. The van der Waals surface area contributed by atoms with E-state index in [1.807, 2.05) is 24.3 Å². The minimum absolute atomic E-state index is 0.00949. The van der Waals surface area contributed by atoms with Gasteiger partial charge in [0.1, 0.15) is 12.1 Å². The van der Waals surface area contributed by atoms with Gasteiger partial charge in [0.05, 0.1) is 0 Å². The van der Waals surface area contributed by atoms with Crippen LogP contribution in [0.5, 0.6) is 0 Å². The number of piperazine rings is 1. The van der Waals surface area contributed by atoms with Crippen LogP contribution in [0.3, 0.4) is 0 Å². The molecule has 2 aliphatic heterocycles. The van der Waals surface area contributed by atoms with Crippen LogP contribution >= 0.6 is 0 Å². The second-order valence-corrected chi connectivity index (χ2v) is 6.15. The van der Waals surface area contributed by atoms with E-state index in [0.717, 1.165) is 5.56 Å². The van der Waals surface area contributed by atoms with Gasteiger partial charge in [0, 0.05) is 13.0 Å². The summed E-state index contributed by atoms with van der Waals surface area (Å²) in [5.74, 6) is 0.445. The summed E-state index contributed by atoms with van der Waals surface area (Å²) in [7, 11) is 0. The summed E-state index contributed by atoms with van der Waals surface area (Å²) < 4.78 is 0. The first kappa shape index (κ1) is 13.2. The molecule has 1 saturated heterocycles. The highest BCUT2D eigenvalue weighted by atomic mass is 16.2. The first-order valence-corrected chi connectivity index (χ1v) is 7.24. The smallest absolute Gasteiger partial charge is 0.246 e. The quantitative estimate of drug-likeness (QED) is 0.886. The lowest BCUT2D eigenvalue weighted by Gasteiger charge is -2.42. The molecular formula is C16H20N2O2. The largest absolute Gasteiger partial charge is 0.342 e. The van der Waals surface area contributed by atoms with Crippen LogP contribution in [0, 0.1) is 5.92 Å². The SMILES string of the molecule is CC(C)C[C@@H]1NC(=O)[C@@H]2Cc3ccccc3CN2C1=O. The summed E-state index contributed by atoms with van der Waals surface area (Å²) in [5, 5.41) is 2.90. The Bertz CT molecular complexity index is 553. The molecule has 1 aromatic carbocycles. The van der Waals surface area contributed by atoms with Gasteiger partial charge in [0.2, 0.25) is 11.8 Å². The number of rotatable bonds is 2. The number of amides is 2. The lowest BCUT2D eigenvalue weighted by Crippen LogP contribution is -2.64. The Morgan fingerprint density at radius 3 is 2.65 bits per heavy atom. The molecule has 4 nitrogen and oxygen atoms in total. The Labute approximate surface area is 119 Å². The van der Waals surface area contributed by atoms with E-state index < -0.39 is 0 Å². The molecule has 0 bridgehead atoms. The maximum atomic E-state index is 12.6. The van der Waals surface area contributed by atoms with E-state index in [4.69, 9.17) is 0 Å². The van der Waals surface area contributed by atoms with Gasteiger partial charge in [-0.1, -0.05) is 38.1 Å². The summed E-state index contributed by atoms with van der Waals surface area (Å²) in [5.41, 5.74) is 2.34. The molecule has 2 amide bonds. The number of fused-ring (bicyclic) bond motifs is 2. The van der Waals surface area contributed by atoms with Gasteiger partial charge in [-0.05, 0) is 23.5 Å². The van der Waals surface area contributed by atoms with Crippen LogP contribution in [-0.2, 0) is 22.6 Å². The number of nitrogens with zero attached hydrogens (tertiary/aromatic N) is 1. The highest BCUT2D eigenvalue weighted by molar-refractivity contribution is 5.97. The Kier molecular flexibility index (Phi) is 3.24. The van der Waals surface area contributed by atoms with Crippen molar-refractivity contribution in [3.63, 3.8) is 0 Å². The van der Waals surface area contributed by atoms with Gasteiger partial charge in [-0.25, -0.2) is 0 Å². The van der Waals surface area contributed by atoms with E-state index in [0.29, 0.717) is 25.3 Å². The number of carbonyl (C=O) groups is 2. The van der Waals surface area contributed by atoms with Crippen LogP contribution < -0.4 is 5.32 Å². The molecule has 106 valence electrons. The van der Waals surface area contributed by atoms with Gasteiger partial charge < -0.3 is 10.2 Å². The minimum atomic E-state index is -0.357. The molecule has 1 N–H and O–H groups in total. The Hall–Kier alpha value is -1.84. The number of hydrogen-bond donors (Lipinski definition) is 1. The van der Waals surface area contributed by atoms with Crippen LogP contribution in [-0.4, -0.2) is 28.8 Å². The fraction of sp³-hybridized carbons (Fsp3) is 0.500. The van der Waals surface area contributed by atoms with Crippen molar-refractivity contribution in [1.82, 2.24) is 10.2 Å². The van der Waals surface area contributed by atoms with Crippen molar-refractivity contribution < 1.29 is 9.59 Å². The van der Waals surface area contributed by atoms with Crippen LogP contribution in [0.25, 0.3) is 0 Å². The van der Waals surface area contributed by atoms with Gasteiger partial charge in [-0.3, -0.25) is 9.59 Å². The zero-order valence-corrected chi connectivity index (χ0v) is 11.9. The molecule has 1 fully saturated rings. The highest BCUT2D eigenvalue weighted by Crippen LogP contribution is 2.27. The molecule has 0 spiro atoms. The van der Waals surface area contributed by atoms with Crippen molar-refractivity contribution >= 4 is 11.8 Å². The first-order chi connectivity index (χ1) is 9.56. The van der Waals surface area contributed by atoms with Gasteiger partial charge >= 0.3 is 0 Å². The van der Waals surface area contributed by atoms with E-state index in [1.165, 1.54) is 5.56 Å². The van der Waals surface area contributed by atoms with Crippen LogP contribution in [0.1, 0.15) is 31.4 Å². The van der Waals surface area contributed by atoms with Gasteiger partial charge in [0.25, 0.3) is 0 Å². The molecule has 1 aromatic rings. The third kappa shape index (κ3) is 2.19. The summed E-state index contributed by atoms with van der Waals surface area (Å²) in [6, 6.07) is 7.37. The normalized spacial score (nSPS) is 25.2. The van der Waals surface area contributed by atoms with Crippen LogP contribution in [0.2, 0.25) is 0 Å². The van der Waals surface area contributed by atoms with Gasteiger partial charge in [-0.2, -0.15) is 0 Å². The lowest BCUT2D eigenvalue weighted by atomic mass is 9.89. The molecule has 0 aliphatic carbocycles. The highest BCUT2D eigenvalue weighted by Gasteiger charge is 2.42. The second kappa shape index (κ2) is 4.93. The summed E-state index contributed by atoms with van der Waals surface area (Å²) in [4.78, 5) is 26.6. The third-order valence-corrected chi connectivity index (χ3v) is 4.16. The molecule has 0 radical (unpaired) electrons. The van der Waals surface area contributed by atoms with Crippen LogP contribution in [0.15, 0.2) is 24.3 Å². The monoisotopic (exact) mass is 272 g/mol. The standard InChI is InChI=1S/C16H20N2O2/c1-10(2)7-13-16(20)18-9-12-6-4-3-5-11(12)8-14(18)15(19)17-13/h3-6,10,13-14H,7-9H2,1-2H3,(H,17,19)/t13-,14-/m0/s1. The number of hydrogen-bond acceptors (Lipinski definition) is 2. The Morgan fingerprint density at radius 2 is 1.95 bits per heavy atom. The summed E-state index contributed by atoms with van der Waals surface area (Å²) in [6.45, 7) is 4.69. The lowest BCUT2D eigenvalue weighted by molar-refractivity contribution is -0.151. The maximum absolute atomic E-state index is 12.6. The number of benzene rings is 1. The van der Waals surface area contributed by atoms with Crippen molar-refractivity contribution in [1.29, 1.82) is 0 Å². The average Bonchev–Trinajstić information content (AvgIpc) is 2.42. The minimum Gasteiger partial charge on any atom is -0.342 e. The number of carbonyl (C=O) groups excluding carboxylic acids is 2. The molecular weight excluding hydrogens is 252 g/mol. The van der Waals surface area contributed by atoms with E-state index in [-0.39, 0.29) is 23.9 Å². The van der Waals surface area contributed by atoms with Crippen molar-refractivity contribution in [2.45, 2.75) is 45.3 Å². The predicted molar refractivity (Wildman–Crippen MR) is 75.9 cm³/mol. The average molecular weight is 272 g/mol. The van der Waals surface area contributed by atoms with E-state index >= 15 is 0 Å². The number of nitrogens with one attached hydrogen (secondary N) is 1. The molecule has 0 aromatic heterocycles. The van der Waals surface area contributed by atoms with E-state index in [9.17, 15) is 9.59 Å². The topological polar surface area (TPSA) is 49.4 Å². The van der Waals surface area contributed by atoms with Crippen molar-refractivity contribution in [3.8, 4) is 0 Å². The zero-order chi connectivity index (χ0) is 14.3. The second-order valence-electron chi connectivity index (χ2n) is 6.15. The van der Waals surface area contributed by atoms with Crippen molar-refractivity contribution in [3.05, 3.63) is 35.4 Å². The Balaban J connectivity index is 1.88. The molecule has 2 aliphatic rings. The molecule has 0 saturated carbocycles. The molecule has 0 unspecified atom stereocenters. The molecule has 2 atom stereocenters.